The number of hydrogen-bond donors (Lipinski definition) is 1. The molecule has 2 saturated heterocycles. The first-order valence-corrected chi connectivity index (χ1v) is 11.1. The highest BCUT2D eigenvalue weighted by Gasteiger charge is 2.64. The van der Waals surface area contributed by atoms with Gasteiger partial charge < -0.3 is 9.64 Å². The van der Waals surface area contributed by atoms with Gasteiger partial charge in [0.25, 0.3) is 5.69 Å². The normalized spacial score (nSPS) is 28.4. The summed E-state index contributed by atoms with van der Waals surface area (Å²) < 4.78 is 6.05. The number of carbonyl (C=O) groups excluding carboxylic acids is 3. The van der Waals surface area contributed by atoms with Crippen LogP contribution in [0.1, 0.15) is 25.0 Å². The zero-order valence-corrected chi connectivity index (χ0v) is 18.8. The summed E-state index contributed by atoms with van der Waals surface area (Å²) in [5.74, 6) is -1.33. The van der Waals surface area contributed by atoms with Gasteiger partial charge >= 0.3 is 6.03 Å². The molecular weight excluding hydrogens is 440 g/mol. The smallest absolute Gasteiger partial charge is 0.331 e. The summed E-state index contributed by atoms with van der Waals surface area (Å²) in [5, 5.41) is 13.8. The lowest BCUT2D eigenvalue weighted by Crippen LogP contribution is -2.75. The van der Waals surface area contributed by atoms with Gasteiger partial charge in [0.2, 0.25) is 11.8 Å². The molecule has 3 aliphatic rings. The molecule has 0 aliphatic carbocycles. The Kier molecular flexibility index (Phi) is 5.12. The van der Waals surface area contributed by atoms with Gasteiger partial charge in [-0.1, -0.05) is 30.3 Å². The molecule has 10 nitrogen and oxygen atoms in total. The molecule has 0 saturated carbocycles. The number of ether oxygens (including phenoxy) is 1. The lowest BCUT2D eigenvalue weighted by Gasteiger charge is -2.56. The maximum atomic E-state index is 14.1. The molecule has 10 heteroatoms. The minimum atomic E-state index is -1.68. The number of non-ortho nitro benzene ring substituents is 1. The molecule has 0 bridgehead atoms. The Hall–Kier alpha value is -3.79. The first-order chi connectivity index (χ1) is 16.2. The molecule has 0 aromatic heterocycles. The molecular formula is C24H24N4O6. The van der Waals surface area contributed by atoms with Gasteiger partial charge in [0.1, 0.15) is 0 Å². The van der Waals surface area contributed by atoms with E-state index in [9.17, 15) is 24.5 Å². The Morgan fingerprint density at radius 1 is 1.15 bits per heavy atom. The summed E-state index contributed by atoms with van der Waals surface area (Å²) in [6.45, 7) is 4.10. The molecule has 0 unspecified atom stereocenters. The number of nitro benzene ring substituents is 1. The van der Waals surface area contributed by atoms with Crippen molar-refractivity contribution in [3.8, 4) is 0 Å². The van der Waals surface area contributed by atoms with Gasteiger partial charge in [-0.15, -0.1) is 0 Å². The molecule has 4 amide bonds. The van der Waals surface area contributed by atoms with Crippen LogP contribution in [0.4, 0.5) is 16.2 Å². The lowest BCUT2D eigenvalue weighted by molar-refractivity contribution is -0.384. The van der Waals surface area contributed by atoms with Crippen molar-refractivity contribution >= 4 is 29.2 Å². The molecule has 2 fully saturated rings. The summed E-state index contributed by atoms with van der Waals surface area (Å²) in [7, 11) is 0. The largest absolute Gasteiger partial charge is 0.372 e. The zero-order chi connectivity index (χ0) is 24.2. The number of imide groups is 2. The second kappa shape index (κ2) is 7.91. The van der Waals surface area contributed by atoms with Crippen molar-refractivity contribution in [2.75, 3.05) is 11.4 Å². The van der Waals surface area contributed by atoms with Crippen LogP contribution >= 0.6 is 0 Å². The van der Waals surface area contributed by atoms with E-state index >= 15 is 0 Å². The minimum Gasteiger partial charge on any atom is -0.372 e. The van der Waals surface area contributed by atoms with Gasteiger partial charge in [-0.25, -0.2) is 4.79 Å². The molecule has 2 aromatic carbocycles. The Morgan fingerprint density at radius 3 is 2.59 bits per heavy atom. The molecule has 0 radical (unpaired) electrons. The molecule has 3 aliphatic heterocycles. The Balaban J connectivity index is 1.65. The summed E-state index contributed by atoms with van der Waals surface area (Å²) in [4.78, 5) is 54.3. The minimum absolute atomic E-state index is 0.000687. The van der Waals surface area contributed by atoms with E-state index in [4.69, 9.17) is 4.74 Å². The number of urea groups is 1. The van der Waals surface area contributed by atoms with Crippen LogP contribution in [0.15, 0.2) is 48.5 Å². The van der Waals surface area contributed by atoms with E-state index in [-0.39, 0.29) is 24.8 Å². The second-order valence-corrected chi connectivity index (χ2v) is 9.10. The number of rotatable bonds is 3. The topological polar surface area (TPSA) is 122 Å². The molecule has 1 N–H and O–H groups in total. The fourth-order valence-electron chi connectivity index (χ4n) is 5.59. The lowest BCUT2D eigenvalue weighted by atomic mass is 9.66. The highest BCUT2D eigenvalue weighted by atomic mass is 16.6. The average Bonchev–Trinajstić information content (AvgIpc) is 2.80. The van der Waals surface area contributed by atoms with Gasteiger partial charge in [0.05, 0.1) is 29.7 Å². The zero-order valence-electron chi connectivity index (χ0n) is 18.8. The van der Waals surface area contributed by atoms with E-state index in [1.165, 1.54) is 12.1 Å². The van der Waals surface area contributed by atoms with Crippen LogP contribution in [0, 0.1) is 15.5 Å². The van der Waals surface area contributed by atoms with E-state index in [2.05, 4.69) is 5.32 Å². The SMILES string of the molecule is C[C@H]1CN2c3ccc([N+](=O)[O-])cc3C[C@]3(C(=O)NC(=O)N(Cc4ccccc4)C3=O)[C@@H]2[C@@H](C)O1. The number of hydrogen-bond acceptors (Lipinski definition) is 7. The maximum Gasteiger partial charge on any atom is 0.331 e. The van der Waals surface area contributed by atoms with Crippen LogP contribution in [0.25, 0.3) is 0 Å². The van der Waals surface area contributed by atoms with Crippen LogP contribution in [0.5, 0.6) is 0 Å². The molecule has 4 atom stereocenters. The molecule has 3 heterocycles. The van der Waals surface area contributed by atoms with E-state index in [1.54, 1.807) is 30.3 Å². The van der Waals surface area contributed by atoms with Crippen LogP contribution in [0.2, 0.25) is 0 Å². The fraction of sp³-hybridized carbons (Fsp3) is 0.375. The first kappa shape index (κ1) is 22.0. The molecule has 176 valence electrons. The fourth-order valence-corrected chi connectivity index (χ4v) is 5.59. The first-order valence-electron chi connectivity index (χ1n) is 11.1. The van der Waals surface area contributed by atoms with E-state index < -0.39 is 40.3 Å². The van der Waals surface area contributed by atoms with Crippen molar-refractivity contribution in [2.24, 2.45) is 5.41 Å². The average molecular weight is 464 g/mol. The molecule has 34 heavy (non-hydrogen) atoms. The van der Waals surface area contributed by atoms with Crippen molar-refractivity contribution in [3.63, 3.8) is 0 Å². The number of carbonyl (C=O) groups is 3. The van der Waals surface area contributed by atoms with Crippen LogP contribution in [0.3, 0.4) is 0 Å². The third-order valence-electron chi connectivity index (χ3n) is 6.92. The number of fused-ring (bicyclic) bond motifs is 4. The van der Waals surface area contributed by atoms with Crippen molar-refractivity contribution in [2.45, 2.75) is 45.1 Å². The summed E-state index contributed by atoms with van der Waals surface area (Å²) in [6, 6.07) is 12.1. The number of barbiturate groups is 1. The van der Waals surface area contributed by atoms with Crippen LogP contribution in [-0.4, -0.2) is 52.5 Å². The van der Waals surface area contributed by atoms with Gasteiger partial charge in [0, 0.05) is 30.8 Å². The third-order valence-corrected chi connectivity index (χ3v) is 6.92. The van der Waals surface area contributed by atoms with Gasteiger partial charge in [-0.05, 0) is 31.0 Å². The maximum absolute atomic E-state index is 14.1. The number of nitrogens with zero attached hydrogens (tertiary/aromatic N) is 3. The number of morpholine rings is 1. The monoisotopic (exact) mass is 464 g/mol. The van der Waals surface area contributed by atoms with Crippen LogP contribution < -0.4 is 10.2 Å². The van der Waals surface area contributed by atoms with Crippen molar-refractivity contribution in [1.82, 2.24) is 10.2 Å². The quantitative estimate of drug-likeness (QED) is 0.420. The highest BCUT2D eigenvalue weighted by Crippen LogP contribution is 2.48. The van der Waals surface area contributed by atoms with Crippen molar-refractivity contribution < 1.29 is 24.0 Å². The second-order valence-electron chi connectivity index (χ2n) is 9.10. The van der Waals surface area contributed by atoms with E-state index in [1.807, 2.05) is 24.8 Å². The predicted molar refractivity (Wildman–Crippen MR) is 121 cm³/mol. The van der Waals surface area contributed by atoms with Crippen molar-refractivity contribution in [1.29, 1.82) is 0 Å². The summed E-state index contributed by atoms with van der Waals surface area (Å²) >= 11 is 0. The number of amides is 4. The van der Waals surface area contributed by atoms with Gasteiger partial charge in [-0.2, -0.15) is 0 Å². The van der Waals surface area contributed by atoms with Crippen LogP contribution in [-0.2, 0) is 27.3 Å². The number of nitrogens with one attached hydrogen (secondary N) is 1. The predicted octanol–water partition coefficient (Wildman–Crippen LogP) is 2.40. The van der Waals surface area contributed by atoms with Gasteiger partial charge in [0.15, 0.2) is 5.41 Å². The summed E-state index contributed by atoms with van der Waals surface area (Å²) in [5.41, 5.74) is 0.188. The van der Waals surface area contributed by atoms with E-state index in [0.717, 1.165) is 16.2 Å². The number of nitro groups is 1. The molecule has 1 spiro atoms. The van der Waals surface area contributed by atoms with E-state index in [0.29, 0.717) is 12.1 Å². The standard InChI is InChI=1S/C24H24N4O6/c1-14-12-26-19-9-8-18(28(32)33)10-17(19)11-24(20(26)15(2)34-14)21(29)25-23(31)27(22(24)30)13-16-6-4-3-5-7-16/h3-10,14-15,20H,11-13H2,1-2H3,(H,25,29,31)/t14-,15+,20-,24+/m0/s1. The Morgan fingerprint density at radius 2 is 1.88 bits per heavy atom. The Bertz CT molecular complexity index is 1200. The highest BCUT2D eigenvalue weighted by molar-refractivity contribution is 6.20. The molecule has 5 rings (SSSR count). The summed E-state index contributed by atoms with van der Waals surface area (Å²) in [6.07, 6.45) is -0.766. The van der Waals surface area contributed by atoms with Gasteiger partial charge in [-0.3, -0.25) is 29.9 Å². The Labute approximate surface area is 195 Å². The third kappa shape index (κ3) is 3.25. The number of benzene rings is 2. The van der Waals surface area contributed by atoms with Crippen molar-refractivity contribution in [3.05, 3.63) is 69.8 Å². The molecule has 2 aromatic rings. The number of anilines is 1.